The monoisotopic (exact) mass is 273 g/mol. The van der Waals surface area contributed by atoms with Gasteiger partial charge in [0, 0.05) is 25.2 Å². The average molecular weight is 273 g/mol. The second kappa shape index (κ2) is 6.21. The zero-order chi connectivity index (χ0) is 14.5. The molecule has 5 N–H and O–H groups in total. The van der Waals surface area contributed by atoms with Gasteiger partial charge in [0.1, 0.15) is 5.75 Å². The van der Waals surface area contributed by atoms with Crippen molar-refractivity contribution in [3.63, 3.8) is 0 Å². The van der Waals surface area contributed by atoms with Crippen LogP contribution in [0.4, 0.5) is 11.5 Å². The molecule has 1 heterocycles. The van der Waals surface area contributed by atoms with Crippen LogP contribution in [0.3, 0.4) is 0 Å². The van der Waals surface area contributed by atoms with E-state index in [9.17, 15) is 5.11 Å². The first-order valence-electron chi connectivity index (χ1n) is 6.54. The average Bonchev–Trinajstić information content (AvgIpc) is 2.46. The van der Waals surface area contributed by atoms with Crippen LogP contribution in [0.25, 0.3) is 11.3 Å². The van der Waals surface area contributed by atoms with Crippen molar-refractivity contribution in [3.05, 3.63) is 30.3 Å². The van der Waals surface area contributed by atoms with E-state index in [4.69, 9.17) is 11.5 Å². The number of rotatable bonds is 5. The summed E-state index contributed by atoms with van der Waals surface area (Å²) >= 11 is 0. The number of aromatic hydroxyl groups is 1. The summed E-state index contributed by atoms with van der Waals surface area (Å²) < 4.78 is 0. The summed E-state index contributed by atoms with van der Waals surface area (Å²) in [7, 11) is 0. The summed E-state index contributed by atoms with van der Waals surface area (Å²) in [5.41, 5.74) is 13.5. The van der Waals surface area contributed by atoms with E-state index in [-0.39, 0.29) is 5.75 Å². The Kier molecular flexibility index (Phi) is 4.37. The molecule has 0 bridgehead atoms. The number of hydrogen-bond acceptors (Lipinski definition) is 6. The number of anilines is 2. The fourth-order valence-corrected chi connectivity index (χ4v) is 2.07. The summed E-state index contributed by atoms with van der Waals surface area (Å²) in [5, 5.41) is 17.9. The van der Waals surface area contributed by atoms with Gasteiger partial charge >= 0.3 is 0 Å². The molecule has 106 valence electrons. The standard InChI is InChI=1S/C14H19N5O/c1-2-19(8-7-15)12-9-11(17-18-14(12)16)10-5-3-4-6-13(10)20/h3-6,9,20H,2,7-8,15H2,1H3,(H2,16,18). The molecule has 0 unspecified atom stereocenters. The van der Waals surface area contributed by atoms with Crippen LogP contribution < -0.4 is 16.4 Å². The van der Waals surface area contributed by atoms with Gasteiger partial charge in [-0.15, -0.1) is 10.2 Å². The van der Waals surface area contributed by atoms with Crippen LogP contribution in [-0.2, 0) is 0 Å². The van der Waals surface area contributed by atoms with E-state index in [1.54, 1.807) is 18.2 Å². The van der Waals surface area contributed by atoms with E-state index >= 15 is 0 Å². The molecule has 0 aliphatic carbocycles. The number of nitrogen functional groups attached to an aromatic ring is 1. The summed E-state index contributed by atoms with van der Waals surface area (Å²) in [5.74, 6) is 0.527. The first-order chi connectivity index (χ1) is 9.67. The van der Waals surface area contributed by atoms with Crippen molar-refractivity contribution in [2.24, 2.45) is 5.73 Å². The highest BCUT2D eigenvalue weighted by molar-refractivity contribution is 5.73. The lowest BCUT2D eigenvalue weighted by Crippen LogP contribution is -2.30. The molecule has 0 atom stereocenters. The Morgan fingerprint density at radius 2 is 2.00 bits per heavy atom. The van der Waals surface area contributed by atoms with Crippen molar-refractivity contribution in [2.45, 2.75) is 6.92 Å². The van der Waals surface area contributed by atoms with Gasteiger partial charge < -0.3 is 21.5 Å². The van der Waals surface area contributed by atoms with Gasteiger partial charge in [-0.3, -0.25) is 0 Å². The minimum absolute atomic E-state index is 0.166. The van der Waals surface area contributed by atoms with Crippen LogP contribution in [0.1, 0.15) is 6.92 Å². The fraction of sp³-hybridized carbons (Fsp3) is 0.286. The lowest BCUT2D eigenvalue weighted by molar-refractivity contribution is 0.477. The van der Waals surface area contributed by atoms with Gasteiger partial charge in [0.25, 0.3) is 0 Å². The van der Waals surface area contributed by atoms with Gasteiger partial charge in [-0.25, -0.2) is 0 Å². The minimum Gasteiger partial charge on any atom is -0.507 e. The molecule has 20 heavy (non-hydrogen) atoms. The SMILES string of the molecule is CCN(CCN)c1cc(-c2ccccc2O)nnc1N. The predicted molar refractivity (Wildman–Crippen MR) is 80.5 cm³/mol. The summed E-state index contributed by atoms with van der Waals surface area (Å²) in [6.45, 7) is 4.01. The summed E-state index contributed by atoms with van der Waals surface area (Å²) in [4.78, 5) is 2.04. The molecule has 0 radical (unpaired) electrons. The number of aromatic nitrogens is 2. The van der Waals surface area contributed by atoms with E-state index in [0.29, 0.717) is 30.2 Å². The number of nitrogens with zero attached hydrogens (tertiary/aromatic N) is 3. The summed E-state index contributed by atoms with van der Waals surface area (Å²) in [6.07, 6.45) is 0. The Hall–Kier alpha value is -2.34. The molecule has 0 aliphatic rings. The van der Waals surface area contributed by atoms with E-state index < -0.39 is 0 Å². The molecule has 0 amide bonds. The molecule has 1 aromatic heterocycles. The van der Waals surface area contributed by atoms with Gasteiger partial charge in [-0.1, -0.05) is 12.1 Å². The maximum atomic E-state index is 9.89. The lowest BCUT2D eigenvalue weighted by atomic mass is 10.1. The summed E-state index contributed by atoms with van der Waals surface area (Å²) in [6, 6.07) is 8.83. The van der Waals surface area contributed by atoms with Crippen molar-refractivity contribution < 1.29 is 5.11 Å². The van der Waals surface area contributed by atoms with Crippen LogP contribution >= 0.6 is 0 Å². The molecular formula is C14H19N5O. The van der Waals surface area contributed by atoms with Crippen molar-refractivity contribution in [1.82, 2.24) is 10.2 Å². The second-order valence-corrected chi connectivity index (χ2v) is 4.39. The Bertz CT molecular complexity index is 588. The molecule has 0 aliphatic heterocycles. The topological polar surface area (TPSA) is 101 Å². The smallest absolute Gasteiger partial charge is 0.169 e. The zero-order valence-electron chi connectivity index (χ0n) is 11.5. The molecule has 0 fully saturated rings. The third kappa shape index (κ3) is 2.80. The van der Waals surface area contributed by atoms with Crippen molar-refractivity contribution in [2.75, 3.05) is 30.3 Å². The van der Waals surface area contributed by atoms with Crippen LogP contribution in [0, 0.1) is 0 Å². The Morgan fingerprint density at radius 1 is 1.25 bits per heavy atom. The maximum absolute atomic E-state index is 9.89. The number of nitrogens with two attached hydrogens (primary N) is 2. The highest BCUT2D eigenvalue weighted by atomic mass is 16.3. The molecule has 0 saturated carbocycles. The third-order valence-electron chi connectivity index (χ3n) is 3.10. The highest BCUT2D eigenvalue weighted by Gasteiger charge is 2.13. The van der Waals surface area contributed by atoms with Crippen molar-refractivity contribution >= 4 is 11.5 Å². The third-order valence-corrected chi connectivity index (χ3v) is 3.10. The number of phenols is 1. The van der Waals surface area contributed by atoms with E-state index in [1.165, 1.54) is 0 Å². The van der Waals surface area contributed by atoms with Crippen molar-refractivity contribution in [1.29, 1.82) is 0 Å². The normalized spacial score (nSPS) is 10.5. The zero-order valence-corrected chi connectivity index (χ0v) is 11.5. The Balaban J connectivity index is 2.45. The molecule has 2 rings (SSSR count). The number of likely N-dealkylation sites (N-methyl/N-ethyl adjacent to an activating group) is 1. The lowest BCUT2D eigenvalue weighted by Gasteiger charge is -2.23. The largest absolute Gasteiger partial charge is 0.507 e. The molecule has 1 aromatic carbocycles. The number of para-hydroxylation sites is 1. The van der Waals surface area contributed by atoms with Crippen molar-refractivity contribution in [3.8, 4) is 17.0 Å². The number of benzene rings is 1. The number of phenolic OH excluding ortho intramolecular Hbond substituents is 1. The first-order valence-corrected chi connectivity index (χ1v) is 6.54. The van der Waals surface area contributed by atoms with Gasteiger partial charge in [0.15, 0.2) is 5.82 Å². The van der Waals surface area contributed by atoms with Crippen LogP contribution in [-0.4, -0.2) is 34.9 Å². The first kappa shape index (κ1) is 14.1. The molecular weight excluding hydrogens is 254 g/mol. The minimum atomic E-state index is 0.166. The van der Waals surface area contributed by atoms with Gasteiger partial charge in [0.2, 0.25) is 0 Å². The van der Waals surface area contributed by atoms with Gasteiger partial charge in [-0.2, -0.15) is 0 Å². The molecule has 0 saturated heterocycles. The molecule has 0 spiro atoms. The molecule has 6 nitrogen and oxygen atoms in total. The van der Waals surface area contributed by atoms with Crippen LogP contribution in [0.5, 0.6) is 5.75 Å². The quantitative estimate of drug-likeness (QED) is 0.757. The predicted octanol–water partition coefficient (Wildman–Crippen LogP) is 1.22. The van der Waals surface area contributed by atoms with Gasteiger partial charge in [-0.05, 0) is 25.1 Å². The second-order valence-electron chi connectivity index (χ2n) is 4.39. The van der Waals surface area contributed by atoms with Crippen LogP contribution in [0.2, 0.25) is 0 Å². The van der Waals surface area contributed by atoms with E-state index in [2.05, 4.69) is 10.2 Å². The van der Waals surface area contributed by atoms with Crippen LogP contribution in [0.15, 0.2) is 30.3 Å². The van der Waals surface area contributed by atoms with E-state index in [1.807, 2.05) is 24.0 Å². The van der Waals surface area contributed by atoms with Gasteiger partial charge in [0.05, 0.1) is 11.4 Å². The maximum Gasteiger partial charge on any atom is 0.169 e. The number of hydrogen-bond donors (Lipinski definition) is 3. The molecule has 6 heteroatoms. The Labute approximate surface area is 118 Å². The molecule has 2 aromatic rings. The Morgan fingerprint density at radius 3 is 2.65 bits per heavy atom. The fourth-order valence-electron chi connectivity index (χ4n) is 2.07. The highest BCUT2D eigenvalue weighted by Crippen LogP contribution is 2.30. The van der Waals surface area contributed by atoms with E-state index in [0.717, 1.165) is 12.2 Å².